The van der Waals surface area contributed by atoms with E-state index < -0.39 is 0 Å². The van der Waals surface area contributed by atoms with Crippen molar-refractivity contribution < 1.29 is 4.79 Å². The van der Waals surface area contributed by atoms with Gasteiger partial charge < -0.3 is 10.6 Å². The van der Waals surface area contributed by atoms with Gasteiger partial charge in [-0.15, -0.1) is 0 Å². The SMILES string of the molecule is CCNc1cnccc1C(=O)NCC1CCCN1CC. The van der Waals surface area contributed by atoms with Crippen molar-refractivity contribution in [3.05, 3.63) is 24.0 Å². The zero-order chi connectivity index (χ0) is 14.4. The zero-order valence-electron chi connectivity index (χ0n) is 12.4. The van der Waals surface area contributed by atoms with E-state index >= 15 is 0 Å². The molecule has 2 heterocycles. The Hall–Kier alpha value is -1.62. The summed E-state index contributed by atoms with van der Waals surface area (Å²) in [5, 5.41) is 6.23. The van der Waals surface area contributed by atoms with Crippen LogP contribution in [0.2, 0.25) is 0 Å². The Morgan fingerprint density at radius 1 is 1.50 bits per heavy atom. The molecule has 1 aromatic rings. The molecule has 110 valence electrons. The molecule has 0 spiro atoms. The standard InChI is InChI=1S/C15H24N4O/c1-3-17-14-11-16-8-7-13(14)15(20)18-10-12-6-5-9-19(12)4-2/h7-8,11-12,17H,3-6,9-10H2,1-2H3,(H,18,20). The minimum absolute atomic E-state index is 0.0219. The van der Waals surface area contributed by atoms with Crippen molar-refractivity contribution in [3.63, 3.8) is 0 Å². The van der Waals surface area contributed by atoms with Gasteiger partial charge in [-0.25, -0.2) is 0 Å². The summed E-state index contributed by atoms with van der Waals surface area (Å²) in [7, 11) is 0. The summed E-state index contributed by atoms with van der Waals surface area (Å²) in [6.07, 6.45) is 5.76. The van der Waals surface area contributed by atoms with E-state index in [4.69, 9.17) is 0 Å². The maximum absolute atomic E-state index is 12.3. The summed E-state index contributed by atoms with van der Waals surface area (Å²) in [6.45, 7) is 7.88. The van der Waals surface area contributed by atoms with Crippen LogP contribution < -0.4 is 10.6 Å². The van der Waals surface area contributed by atoms with Gasteiger partial charge in [-0.2, -0.15) is 0 Å². The van der Waals surface area contributed by atoms with Crippen LogP contribution in [0.1, 0.15) is 37.0 Å². The first-order valence-electron chi connectivity index (χ1n) is 7.46. The molecule has 1 saturated heterocycles. The summed E-state index contributed by atoms with van der Waals surface area (Å²) in [5.74, 6) is -0.0219. The third-order valence-corrected chi connectivity index (χ3v) is 3.84. The van der Waals surface area contributed by atoms with Gasteiger partial charge >= 0.3 is 0 Å². The van der Waals surface area contributed by atoms with Gasteiger partial charge in [-0.05, 0) is 38.9 Å². The molecule has 20 heavy (non-hydrogen) atoms. The molecule has 5 nitrogen and oxygen atoms in total. The van der Waals surface area contributed by atoms with Crippen molar-refractivity contribution in [2.45, 2.75) is 32.7 Å². The Labute approximate surface area is 120 Å². The molecule has 2 rings (SSSR count). The largest absolute Gasteiger partial charge is 0.383 e. The van der Waals surface area contributed by atoms with Crippen LogP contribution in [0.15, 0.2) is 18.5 Å². The van der Waals surface area contributed by atoms with E-state index in [1.807, 2.05) is 6.92 Å². The molecule has 5 heteroatoms. The lowest BCUT2D eigenvalue weighted by atomic mass is 10.2. The molecule has 0 aliphatic carbocycles. The molecule has 0 saturated carbocycles. The molecular formula is C15H24N4O. The normalized spacial score (nSPS) is 19.0. The second kappa shape index (κ2) is 7.24. The summed E-state index contributed by atoms with van der Waals surface area (Å²) in [6, 6.07) is 2.24. The van der Waals surface area contributed by atoms with Gasteiger partial charge in [0.1, 0.15) is 0 Å². The van der Waals surface area contributed by atoms with Gasteiger partial charge in [0.15, 0.2) is 0 Å². The van der Waals surface area contributed by atoms with Crippen LogP contribution in [-0.2, 0) is 0 Å². The summed E-state index contributed by atoms with van der Waals surface area (Å²) in [4.78, 5) is 18.8. The number of pyridine rings is 1. The fourth-order valence-electron chi connectivity index (χ4n) is 2.77. The van der Waals surface area contributed by atoms with E-state index in [2.05, 4.69) is 27.4 Å². The summed E-state index contributed by atoms with van der Waals surface area (Å²) >= 11 is 0. The van der Waals surface area contributed by atoms with Crippen LogP contribution in [0.3, 0.4) is 0 Å². The number of carbonyl (C=O) groups excluding carboxylic acids is 1. The van der Waals surface area contributed by atoms with Gasteiger partial charge in [0.05, 0.1) is 17.4 Å². The van der Waals surface area contributed by atoms with Gasteiger partial charge in [-0.3, -0.25) is 14.7 Å². The number of rotatable bonds is 6. The predicted octanol–water partition coefficient (Wildman–Crippen LogP) is 1.73. The fraction of sp³-hybridized carbons (Fsp3) is 0.600. The first-order chi connectivity index (χ1) is 9.76. The van der Waals surface area contributed by atoms with E-state index in [1.165, 1.54) is 12.8 Å². The van der Waals surface area contributed by atoms with Crippen LogP contribution in [0, 0.1) is 0 Å². The quantitative estimate of drug-likeness (QED) is 0.831. The number of likely N-dealkylation sites (N-methyl/N-ethyl adjacent to an activating group) is 1. The Balaban J connectivity index is 1.95. The molecule has 1 aliphatic heterocycles. The number of amides is 1. The highest BCUT2D eigenvalue weighted by molar-refractivity contribution is 5.99. The molecular weight excluding hydrogens is 252 g/mol. The second-order valence-corrected chi connectivity index (χ2v) is 5.09. The highest BCUT2D eigenvalue weighted by Crippen LogP contribution is 2.17. The summed E-state index contributed by atoms with van der Waals surface area (Å²) in [5.41, 5.74) is 1.47. The number of nitrogens with one attached hydrogen (secondary N) is 2. The number of anilines is 1. The molecule has 1 atom stereocenters. The van der Waals surface area contributed by atoms with Gasteiger partial charge in [0.25, 0.3) is 5.91 Å². The number of nitrogens with zero attached hydrogens (tertiary/aromatic N) is 2. The van der Waals surface area contributed by atoms with Crippen molar-refractivity contribution in [2.24, 2.45) is 0 Å². The summed E-state index contributed by atoms with van der Waals surface area (Å²) < 4.78 is 0. The van der Waals surface area contributed by atoms with Gasteiger partial charge in [0.2, 0.25) is 0 Å². The molecule has 0 radical (unpaired) electrons. The minimum atomic E-state index is -0.0219. The van der Waals surface area contributed by atoms with Gasteiger partial charge in [0, 0.05) is 25.3 Å². The van der Waals surface area contributed by atoms with Crippen molar-refractivity contribution >= 4 is 11.6 Å². The van der Waals surface area contributed by atoms with Crippen LogP contribution in [0.5, 0.6) is 0 Å². The van der Waals surface area contributed by atoms with Crippen molar-refractivity contribution in [2.75, 3.05) is 31.5 Å². The topological polar surface area (TPSA) is 57.3 Å². The van der Waals surface area contributed by atoms with E-state index in [0.717, 1.165) is 31.9 Å². The number of aromatic nitrogens is 1. The lowest BCUT2D eigenvalue weighted by Gasteiger charge is -2.23. The van der Waals surface area contributed by atoms with Crippen LogP contribution in [0.25, 0.3) is 0 Å². The molecule has 2 N–H and O–H groups in total. The number of carbonyl (C=O) groups is 1. The average molecular weight is 276 g/mol. The monoisotopic (exact) mass is 276 g/mol. The Morgan fingerprint density at radius 2 is 2.35 bits per heavy atom. The number of hydrogen-bond acceptors (Lipinski definition) is 4. The first kappa shape index (κ1) is 14.8. The zero-order valence-corrected chi connectivity index (χ0v) is 12.4. The first-order valence-corrected chi connectivity index (χ1v) is 7.46. The Bertz CT molecular complexity index is 449. The minimum Gasteiger partial charge on any atom is -0.383 e. The van der Waals surface area contributed by atoms with Crippen LogP contribution in [0.4, 0.5) is 5.69 Å². The maximum atomic E-state index is 12.3. The molecule has 1 unspecified atom stereocenters. The van der Waals surface area contributed by atoms with E-state index in [1.54, 1.807) is 18.5 Å². The Kier molecular flexibility index (Phi) is 5.35. The van der Waals surface area contributed by atoms with Crippen LogP contribution in [-0.4, -0.2) is 48.0 Å². The highest BCUT2D eigenvalue weighted by atomic mass is 16.1. The fourth-order valence-corrected chi connectivity index (χ4v) is 2.77. The van der Waals surface area contributed by atoms with Crippen molar-refractivity contribution in [1.29, 1.82) is 0 Å². The van der Waals surface area contributed by atoms with Gasteiger partial charge in [-0.1, -0.05) is 6.92 Å². The molecule has 0 aromatic carbocycles. The van der Waals surface area contributed by atoms with Crippen LogP contribution >= 0.6 is 0 Å². The lowest BCUT2D eigenvalue weighted by Crippen LogP contribution is -2.40. The van der Waals surface area contributed by atoms with Crippen molar-refractivity contribution in [3.8, 4) is 0 Å². The molecule has 1 aromatic heterocycles. The maximum Gasteiger partial charge on any atom is 0.253 e. The number of likely N-dealkylation sites (tertiary alicyclic amines) is 1. The number of hydrogen-bond donors (Lipinski definition) is 2. The van der Waals surface area contributed by atoms with E-state index in [-0.39, 0.29) is 5.91 Å². The third-order valence-electron chi connectivity index (χ3n) is 3.84. The third kappa shape index (κ3) is 3.48. The Morgan fingerprint density at radius 3 is 3.10 bits per heavy atom. The molecule has 1 amide bonds. The smallest absolute Gasteiger partial charge is 0.253 e. The van der Waals surface area contributed by atoms with E-state index in [9.17, 15) is 4.79 Å². The lowest BCUT2D eigenvalue weighted by molar-refractivity contribution is 0.0942. The molecule has 1 aliphatic rings. The van der Waals surface area contributed by atoms with E-state index in [0.29, 0.717) is 11.6 Å². The molecule has 1 fully saturated rings. The second-order valence-electron chi connectivity index (χ2n) is 5.09. The predicted molar refractivity (Wildman–Crippen MR) is 81.0 cm³/mol. The highest BCUT2D eigenvalue weighted by Gasteiger charge is 2.23. The average Bonchev–Trinajstić information content (AvgIpc) is 2.93. The molecule has 0 bridgehead atoms. The van der Waals surface area contributed by atoms with Crippen molar-refractivity contribution in [1.82, 2.24) is 15.2 Å².